The number of rotatable bonds is 8. The molecule has 3 rings (SSSR count). The summed E-state index contributed by atoms with van der Waals surface area (Å²) in [4.78, 5) is 75.9. The Bertz CT molecular complexity index is 1260. The number of hydrogen-bond donors (Lipinski definition) is 4. The van der Waals surface area contributed by atoms with Crippen molar-refractivity contribution in [2.45, 2.75) is 37.8 Å². The first-order valence-corrected chi connectivity index (χ1v) is 11.4. The molecule has 2 aromatic carbocycles. The molecule has 1 aliphatic carbocycles. The summed E-state index contributed by atoms with van der Waals surface area (Å²) in [5, 5.41) is 5.10. The van der Waals surface area contributed by atoms with Gasteiger partial charge in [-0.15, -0.1) is 0 Å². The van der Waals surface area contributed by atoms with Gasteiger partial charge in [-0.2, -0.15) is 0 Å². The van der Waals surface area contributed by atoms with E-state index in [9.17, 15) is 28.8 Å². The zero-order valence-electron chi connectivity index (χ0n) is 21.3. The van der Waals surface area contributed by atoms with Gasteiger partial charge in [0.15, 0.2) is 11.6 Å². The normalized spacial score (nSPS) is 15.2. The number of carbonyl (C=O) groups excluding carboxylic acids is 6. The van der Waals surface area contributed by atoms with Gasteiger partial charge < -0.3 is 31.6 Å². The summed E-state index contributed by atoms with van der Waals surface area (Å²) in [5.41, 5.74) is 8.56. The molecule has 6 N–H and O–H groups in total. The SMILES string of the molecule is COC(=O)[C@@](C)(N)CC(=O)Nc1cccc2c1C(=O)c1cccc(NC(=O)C[C@](C)(N)C(=O)OC)c1C2=O. The number of carbonyl (C=O) groups is 6. The lowest BCUT2D eigenvalue weighted by molar-refractivity contribution is -0.148. The average molecular weight is 525 g/mol. The third-order valence-electron chi connectivity index (χ3n) is 5.98. The summed E-state index contributed by atoms with van der Waals surface area (Å²) in [7, 11) is 2.29. The van der Waals surface area contributed by atoms with E-state index in [-0.39, 0.29) is 33.6 Å². The molecule has 0 radical (unpaired) electrons. The average Bonchev–Trinajstić information content (AvgIpc) is 2.85. The van der Waals surface area contributed by atoms with E-state index in [0.29, 0.717) is 0 Å². The van der Waals surface area contributed by atoms with Crippen LogP contribution in [0.5, 0.6) is 0 Å². The zero-order chi connectivity index (χ0) is 28.4. The predicted octanol–water partition coefficient (Wildman–Crippen LogP) is 0.900. The summed E-state index contributed by atoms with van der Waals surface area (Å²) in [6, 6.07) is 8.68. The first kappa shape index (κ1) is 28.2. The molecule has 2 atom stereocenters. The van der Waals surface area contributed by atoms with Crippen LogP contribution in [0.2, 0.25) is 0 Å². The van der Waals surface area contributed by atoms with Gasteiger partial charge in [0.1, 0.15) is 11.1 Å². The highest BCUT2D eigenvalue weighted by Gasteiger charge is 2.37. The lowest BCUT2D eigenvalue weighted by atomic mass is 9.82. The van der Waals surface area contributed by atoms with Crippen LogP contribution in [-0.2, 0) is 28.7 Å². The number of amides is 2. The Balaban J connectivity index is 1.92. The van der Waals surface area contributed by atoms with Crippen molar-refractivity contribution >= 4 is 46.7 Å². The maximum absolute atomic E-state index is 13.5. The number of anilines is 2. The maximum Gasteiger partial charge on any atom is 0.326 e. The van der Waals surface area contributed by atoms with E-state index in [1.165, 1.54) is 50.2 Å². The van der Waals surface area contributed by atoms with Crippen LogP contribution in [0.1, 0.15) is 58.5 Å². The number of hydrogen-bond acceptors (Lipinski definition) is 10. The second kappa shape index (κ2) is 10.5. The molecule has 0 saturated carbocycles. The van der Waals surface area contributed by atoms with Crippen molar-refractivity contribution < 1.29 is 38.2 Å². The van der Waals surface area contributed by atoms with Gasteiger partial charge in [-0.3, -0.25) is 28.8 Å². The molecular weight excluding hydrogens is 496 g/mol. The molecule has 0 heterocycles. The smallest absolute Gasteiger partial charge is 0.326 e. The number of ether oxygens (including phenoxy) is 2. The highest BCUT2D eigenvalue weighted by atomic mass is 16.5. The summed E-state index contributed by atoms with van der Waals surface area (Å²) in [6.45, 7) is 2.66. The first-order valence-electron chi connectivity index (χ1n) is 11.4. The molecule has 0 saturated heterocycles. The summed E-state index contributed by atoms with van der Waals surface area (Å²) in [5.74, 6) is -4.06. The standard InChI is InChI=1S/C26H28N4O8/c1-25(27,23(35)37-3)11-17(31)29-15-9-5-7-13-19(15)21(33)14-8-6-10-16(20(14)22(13)34)30-18(32)12-26(2,28)24(36)38-4/h5-10H,11-12,27-28H2,1-4H3,(H,29,31)(H,30,32)/t25-,26-/m0/s1. The van der Waals surface area contributed by atoms with Gasteiger partial charge in [0.05, 0.1) is 49.6 Å². The van der Waals surface area contributed by atoms with E-state index < -0.39 is 59.2 Å². The Kier molecular flexibility index (Phi) is 7.79. The summed E-state index contributed by atoms with van der Waals surface area (Å²) >= 11 is 0. The molecule has 0 unspecified atom stereocenters. The summed E-state index contributed by atoms with van der Waals surface area (Å²) < 4.78 is 9.21. The fraction of sp³-hybridized carbons (Fsp3) is 0.308. The second-order valence-corrected chi connectivity index (χ2v) is 9.38. The molecule has 12 heteroatoms. The van der Waals surface area contributed by atoms with Gasteiger partial charge in [0.2, 0.25) is 11.8 Å². The quantitative estimate of drug-likeness (QED) is 0.307. The number of nitrogens with two attached hydrogens (primary N) is 2. The lowest BCUT2D eigenvalue weighted by Crippen LogP contribution is -2.48. The number of methoxy groups -OCH3 is 2. The molecule has 200 valence electrons. The Morgan fingerprint density at radius 1 is 0.711 bits per heavy atom. The maximum atomic E-state index is 13.5. The first-order chi connectivity index (χ1) is 17.7. The molecule has 1 aliphatic rings. The van der Waals surface area contributed by atoms with Crippen molar-refractivity contribution in [1.29, 1.82) is 0 Å². The van der Waals surface area contributed by atoms with E-state index in [0.717, 1.165) is 14.2 Å². The number of benzene rings is 2. The molecule has 0 bridgehead atoms. The highest BCUT2D eigenvalue weighted by molar-refractivity contribution is 6.32. The van der Waals surface area contributed by atoms with E-state index in [4.69, 9.17) is 11.5 Å². The third kappa shape index (κ3) is 5.45. The number of fused-ring (bicyclic) bond motifs is 2. The van der Waals surface area contributed by atoms with Crippen LogP contribution in [0.3, 0.4) is 0 Å². The van der Waals surface area contributed by atoms with E-state index >= 15 is 0 Å². The van der Waals surface area contributed by atoms with Gasteiger partial charge >= 0.3 is 11.9 Å². The van der Waals surface area contributed by atoms with Crippen molar-refractivity contribution in [1.82, 2.24) is 0 Å². The zero-order valence-corrected chi connectivity index (χ0v) is 21.3. The van der Waals surface area contributed by atoms with E-state index in [1.54, 1.807) is 0 Å². The van der Waals surface area contributed by atoms with Crippen LogP contribution >= 0.6 is 0 Å². The van der Waals surface area contributed by atoms with Crippen molar-refractivity contribution in [2.75, 3.05) is 24.9 Å². The van der Waals surface area contributed by atoms with Crippen molar-refractivity contribution in [3.8, 4) is 0 Å². The number of ketones is 2. The van der Waals surface area contributed by atoms with Crippen LogP contribution < -0.4 is 22.1 Å². The lowest BCUT2D eigenvalue weighted by Gasteiger charge is -2.24. The molecule has 38 heavy (non-hydrogen) atoms. The van der Waals surface area contributed by atoms with Gasteiger partial charge in [-0.05, 0) is 26.0 Å². The van der Waals surface area contributed by atoms with Gasteiger partial charge in [-0.1, -0.05) is 24.3 Å². The number of nitrogens with one attached hydrogen (secondary N) is 2. The summed E-state index contributed by atoms with van der Waals surface area (Å²) in [6.07, 6.45) is -0.881. The van der Waals surface area contributed by atoms with Crippen LogP contribution in [0, 0.1) is 0 Å². The molecular formula is C26H28N4O8. The monoisotopic (exact) mass is 524 g/mol. The largest absolute Gasteiger partial charge is 0.468 e. The van der Waals surface area contributed by atoms with E-state index in [1.807, 2.05) is 0 Å². The minimum absolute atomic E-state index is 0.00343. The molecule has 2 aromatic rings. The van der Waals surface area contributed by atoms with Crippen molar-refractivity contribution in [3.63, 3.8) is 0 Å². The topological polar surface area (TPSA) is 197 Å². The Morgan fingerprint density at radius 2 is 1.05 bits per heavy atom. The Hall–Kier alpha value is -4.42. The predicted molar refractivity (Wildman–Crippen MR) is 135 cm³/mol. The molecule has 12 nitrogen and oxygen atoms in total. The minimum Gasteiger partial charge on any atom is -0.468 e. The fourth-order valence-corrected chi connectivity index (χ4v) is 4.12. The van der Waals surface area contributed by atoms with Gasteiger partial charge in [0, 0.05) is 11.1 Å². The van der Waals surface area contributed by atoms with Crippen LogP contribution in [0.15, 0.2) is 36.4 Å². The second-order valence-electron chi connectivity index (χ2n) is 9.38. The Morgan fingerprint density at radius 3 is 1.37 bits per heavy atom. The van der Waals surface area contributed by atoms with Crippen LogP contribution in [0.4, 0.5) is 11.4 Å². The van der Waals surface area contributed by atoms with Gasteiger partial charge in [-0.25, -0.2) is 0 Å². The number of esters is 2. The molecule has 2 amide bonds. The van der Waals surface area contributed by atoms with Crippen molar-refractivity contribution in [2.24, 2.45) is 11.5 Å². The fourth-order valence-electron chi connectivity index (χ4n) is 4.12. The van der Waals surface area contributed by atoms with Gasteiger partial charge in [0.25, 0.3) is 0 Å². The van der Waals surface area contributed by atoms with Crippen molar-refractivity contribution in [3.05, 3.63) is 58.7 Å². The molecule has 0 aromatic heterocycles. The van der Waals surface area contributed by atoms with E-state index in [2.05, 4.69) is 20.1 Å². The molecule has 0 spiro atoms. The Labute approximate surface area is 218 Å². The molecule has 0 aliphatic heterocycles. The van der Waals surface area contributed by atoms with Crippen LogP contribution in [-0.4, -0.2) is 60.6 Å². The highest BCUT2D eigenvalue weighted by Crippen LogP contribution is 2.35. The van der Waals surface area contributed by atoms with Crippen LogP contribution in [0.25, 0.3) is 0 Å². The third-order valence-corrected chi connectivity index (χ3v) is 5.98. The minimum atomic E-state index is -1.61. The molecule has 0 fully saturated rings.